The molecule has 32 heavy (non-hydrogen) atoms. The Kier molecular flexibility index (Phi) is 7.82. The van der Waals surface area contributed by atoms with Gasteiger partial charge in [-0.05, 0) is 53.4 Å². The lowest BCUT2D eigenvalue weighted by Crippen LogP contribution is -2.39. The molecule has 0 aliphatic heterocycles. The topological polar surface area (TPSA) is 78.8 Å². The van der Waals surface area contributed by atoms with Crippen LogP contribution >= 0.6 is 15.9 Å². The van der Waals surface area contributed by atoms with Crippen molar-refractivity contribution >= 4 is 43.8 Å². The van der Waals surface area contributed by atoms with E-state index in [1.807, 2.05) is 36.4 Å². The van der Waals surface area contributed by atoms with Crippen LogP contribution in [0.5, 0.6) is 0 Å². The maximum atomic E-state index is 13.3. The number of nitrogens with one attached hydrogen (secondary N) is 1. The van der Waals surface area contributed by atoms with Gasteiger partial charge in [-0.2, -0.15) is 5.10 Å². The van der Waals surface area contributed by atoms with Crippen molar-refractivity contribution in [1.29, 1.82) is 0 Å². The molecule has 0 saturated carbocycles. The summed E-state index contributed by atoms with van der Waals surface area (Å²) in [6.07, 6.45) is 1.50. The molecule has 0 unspecified atom stereocenters. The van der Waals surface area contributed by atoms with Gasteiger partial charge in [0.1, 0.15) is 6.54 Å². The molecule has 0 bridgehead atoms. The van der Waals surface area contributed by atoms with Crippen molar-refractivity contribution < 1.29 is 13.2 Å². The van der Waals surface area contributed by atoms with E-state index in [1.54, 1.807) is 30.3 Å². The number of amides is 1. The van der Waals surface area contributed by atoms with Gasteiger partial charge in [-0.3, -0.25) is 9.10 Å². The van der Waals surface area contributed by atoms with E-state index in [0.29, 0.717) is 11.6 Å². The highest BCUT2D eigenvalue weighted by Gasteiger charge is 2.27. The van der Waals surface area contributed by atoms with Gasteiger partial charge in [-0.25, -0.2) is 13.8 Å². The zero-order valence-corrected chi connectivity index (χ0v) is 20.2. The molecule has 1 N–H and O–H groups in total. The molecular formula is C24H24BrN3O3S. The normalized spacial score (nSPS) is 11.6. The van der Waals surface area contributed by atoms with Crippen molar-refractivity contribution in [2.45, 2.75) is 24.7 Å². The van der Waals surface area contributed by atoms with Gasteiger partial charge in [0.15, 0.2) is 0 Å². The van der Waals surface area contributed by atoms with Crippen LogP contribution < -0.4 is 9.73 Å². The Hall–Kier alpha value is -2.97. The van der Waals surface area contributed by atoms with Crippen LogP contribution in [0.1, 0.15) is 30.9 Å². The van der Waals surface area contributed by atoms with E-state index in [4.69, 9.17) is 0 Å². The van der Waals surface area contributed by atoms with Gasteiger partial charge in [0.05, 0.1) is 16.8 Å². The molecule has 0 aliphatic rings. The van der Waals surface area contributed by atoms with Gasteiger partial charge in [0.2, 0.25) is 0 Å². The Morgan fingerprint density at radius 3 is 2.34 bits per heavy atom. The number of sulfonamides is 1. The maximum Gasteiger partial charge on any atom is 0.264 e. The molecule has 0 heterocycles. The van der Waals surface area contributed by atoms with Gasteiger partial charge in [-0.15, -0.1) is 0 Å². The number of carbonyl (C=O) groups excluding carboxylic acids is 1. The first-order chi connectivity index (χ1) is 15.3. The lowest BCUT2D eigenvalue weighted by Gasteiger charge is -2.24. The molecule has 1 amide bonds. The SMILES string of the molecule is CC(C)c1ccc(N(CC(=O)N/N=C/c2cccc(Br)c2)S(=O)(=O)c2ccccc2)cc1. The number of rotatable bonds is 8. The van der Waals surface area contributed by atoms with Crippen LogP contribution in [-0.4, -0.2) is 27.1 Å². The van der Waals surface area contributed by atoms with Crippen molar-refractivity contribution in [3.63, 3.8) is 0 Å². The predicted molar refractivity (Wildman–Crippen MR) is 131 cm³/mol. The molecule has 0 saturated heterocycles. The Labute approximate surface area is 197 Å². The molecule has 6 nitrogen and oxygen atoms in total. The highest BCUT2D eigenvalue weighted by Crippen LogP contribution is 2.25. The van der Waals surface area contributed by atoms with E-state index in [2.05, 4.69) is 40.3 Å². The minimum Gasteiger partial charge on any atom is -0.271 e. The minimum absolute atomic E-state index is 0.110. The first-order valence-corrected chi connectivity index (χ1v) is 12.3. The fraction of sp³-hybridized carbons (Fsp3) is 0.167. The molecule has 0 aromatic heterocycles. The number of hydrogen-bond donors (Lipinski definition) is 1. The second-order valence-corrected chi connectivity index (χ2v) is 10.2. The van der Waals surface area contributed by atoms with E-state index in [0.717, 1.165) is 19.9 Å². The molecular weight excluding hydrogens is 490 g/mol. The van der Waals surface area contributed by atoms with Crippen molar-refractivity contribution in [2.24, 2.45) is 5.10 Å². The van der Waals surface area contributed by atoms with E-state index < -0.39 is 22.5 Å². The third-order valence-corrected chi connectivity index (χ3v) is 7.00. The van der Waals surface area contributed by atoms with E-state index in [1.165, 1.54) is 18.3 Å². The fourth-order valence-electron chi connectivity index (χ4n) is 2.99. The summed E-state index contributed by atoms with van der Waals surface area (Å²) in [6, 6.07) is 22.6. The summed E-state index contributed by atoms with van der Waals surface area (Å²) in [4.78, 5) is 12.7. The van der Waals surface area contributed by atoms with E-state index >= 15 is 0 Å². The number of nitrogens with zero attached hydrogens (tertiary/aromatic N) is 2. The largest absolute Gasteiger partial charge is 0.271 e. The summed E-state index contributed by atoms with van der Waals surface area (Å²) in [5.74, 6) is -0.248. The van der Waals surface area contributed by atoms with Crippen molar-refractivity contribution in [2.75, 3.05) is 10.8 Å². The second-order valence-electron chi connectivity index (χ2n) is 7.42. The molecule has 0 fully saturated rings. The molecule has 3 aromatic carbocycles. The molecule has 0 radical (unpaired) electrons. The van der Waals surface area contributed by atoms with Crippen LogP contribution in [-0.2, 0) is 14.8 Å². The number of hydrazone groups is 1. The average Bonchev–Trinajstić information content (AvgIpc) is 2.78. The summed E-state index contributed by atoms with van der Waals surface area (Å²) >= 11 is 3.38. The van der Waals surface area contributed by atoms with E-state index in [-0.39, 0.29) is 4.90 Å². The number of carbonyl (C=O) groups is 1. The van der Waals surface area contributed by atoms with Gasteiger partial charge in [0.25, 0.3) is 15.9 Å². The van der Waals surface area contributed by atoms with Crippen molar-refractivity contribution in [3.05, 3.63) is 94.5 Å². The van der Waals surface area contributed by atoms with Gasteiger partial charge in [0, 0.05) is 4.47 Å². The van der Waals surface area contributed by atoms with Crippen LogP contribution in [0, 0.1) is 0 Å². The summed E-state index contributed by atoms with van der Waals surface area (Å²) in [6.45, 7) is 3.71. The highest BCUT2D eigenvalue weighted by atomic mass is 79.9. The lowest BCUT2D eigenvalue weighted by atomic mass is 10.0. The lowest BCUT2D eigenvalue weighted by molar-refractivity contribution is -0.119. The van der Waals surface area contributed by atoms with Crippen LogP contribution in [0.15, 0.2) is 93.3 Å². The molecule has 166 valence electrons. The van der Waals surface area contributed by atoms with Crippen LogP contribution in [0.2, 0.25) is 0 Å². The summed E-state index contributed by atoms with van der Waals surface area (Å²) in [5.41, 5.74) is 4.69. The first-order valence-electron chi connectivity index (χ1n) is 10.0. The zero-order valence-electron chi connectivity index (χ0n) is 17.8. The Morgan fingerprint density at radius 2 is 1.72 bits per heavy atom. The Morgan fingerprint density at radius 1 is 1.03 bits per heavy atom. The fourth-order valence-corrected chi connectivity index (χ4v) is 4.85. The van der Waals surface area contributed by atoms with Gasteiger partial charge < -0.3 is 0 Å². The summed E-state index contributed by atoms with van der Waals surface area (Å²) in [7, 11) is -3.95. The van der Waals surface area contributed by atoms with Gasteiger partial charge >= 0.3 is 0 Å². The first kappa shape index (κ1) is 23.7. The number of benzene rings is 3. The highest BCUT2D eigenvalue weighted by molar-refractivity contribution is 9.10. The average molecular weight is 514 g/mol. The Balaban J connectivity index is 1.84. The molecule has 3 aromatic rings. The van der Waals surface area contributed by atoms with Crippen LogP contribution in [0.4, 0.5) is 5.69 Å². The number of halogens is 1. The zero-order chi connectivity index (χ0) is 23.1. The molecule has 3 rings (SSSR count). The smallest absolute Gasteiger partial charge is 0.264 e. The Bertz CT molecular complexity index is 1190. The molecule has 0 atom stereocenters. The summed E-state index contributed by atoms with van der Waals surface area (Å²) < 4.78 is 28.6. The molecule has 0 aliphatic carbocycles. The van der Waals surface area contributed by atoms with Crippen molar-refractivity contribution in [1.82, 2.24) is 5.43 Å². The number of anilines is 1. The molecule has 0 spiro atoms. The third-order valence-electron chi connectivity index (χ3n) is 4.72. The summed E-state index contributed by atoms with van der Waals surface area (Å²) in [5, 5.41) is 3.95. The quantitative estimate of drug-likeness (QED) is 0.343. The van der Waals surface area contributed by atoms with Gasteiger partial charge in [-0.1, -0.05) is 72.2 Å². The van der Waals surface area contributed by atoms with Crippen LogP contribution in [0.3, 0.4) is 0 Å². The third kappa shape index (κ3) is 6.05. The van der Waals surface area contributed by atoms with Crippen molar-refractivity contribution in [3.8, 4) is 0 Å². The standard InChI is InChI=1S/C24H24BrN3O3S/c1-18(2)20-11-13-22(14-12-20)28(32(30,31)23-9-4-3-5-10-23)17-24(29)27-26-16-19-7-6-8-21(25)15-19/h3-16,18H,17H2,1-2H3,(H,27,29)/b26-16+. The molecule has 8 heteroatoms. The monoisotopic (exact) mass is 513 g/mol. The second kappa shape index (κ2) is 10.6. The maximum absolute atomic E-state index is 13.3. The predicted octanol–water partition coefficient (Wildman–Crippen LogP) is 4.92. The number of hydrogen-bond acceptors (Lipinski definition) is 4. The minimum atomic E-state index is -3.95. The van der Waals surface area contributed by atoms with Crippen LogP contribution in [0.25, 0.3) is 0 Å². The van der Waals surface area contributed by atoms with E-state index in [9.17, 15) is 13.2 Å².